The Balaban J connectivity index is 2.04. The van der Waals surface area contributed by atoms with Gasteiger partial charge in [0.1, 0.15) is 5.75 Å². The molecule has 0 atom stereocenters. The van der Waals surface area contributed by atoms with Gasteiger partial charge in [-0.1, -0.05) is 12.1 Å². The van der Waals surface area contributed by atoms with Crippen LogP contribution in [0.5, 0.6) is 5.75 Å². The van der Waals surface area contributed by atoms with Crippen molar-refractivity contribution >= 4 is 5.97 Å². The lowest BCUT2D eigenvalue weighted by Crippen LogP contribution is -2.12. The molecular weight excluding hydrogens is 302 g/mol. The molecule has 2 aromatic carbocycles. The molecule has 0 N–H and O–H groups in total. The van der Waals surface area contributed by atoms with Gasteiger partial charge in [-0.2, -0.15) is 5.26 Å². The molecule has 0 bridgehead atoms. The highest BCUT2D eigenvalue weighted by Gasteiger charge is 2.19. The molecule has 3 rings (SSSR count). The second-order valence-electron chi connectivity index (χ2n) is 5.92. The van der Waals surface area contributed by atoms with Crippen molar-refractivity contribution in [1.82, 2.24) is 0 Å². The molecule has 0 unspecified atom stereocenters. The molecule has 0 radical (unpaired) electrons. The SMILES string of the molecule is COC(=O)c1ccc(OC2CCCC2)c(-c2cccc(C#N)c2)c1. The number of rotatable bonds is 4. The highest BCUT2D eigenvalue weighted by molar-refractivity contribution is 5.92. The number of nitriles is 1. The molecule has 4 nitrogen and oxygen atoms in total. The first-order valence-corrected chi connectivity index (χ1v) is 8.11. The predicted octanol–water partition coefficient (Wildman–Crippen LogP) is 4.33. The molecule has 0 amide bonds. The van der Waals surface area contributed by atoms with E-state index in [0.717, 1.165) is 29.7 Å². The fraction of sp³-hybridized carbons (Fsp3) is 0.300. The largest absolute Gasteiger partial charge is 0.490 e. The summed E-state index contributed by atoms with van der Waals surface area (Å²) >= 11 is 0. The van der Waals surface area contributed by atoms with E-state index < -0.39 is 0 Å². The fourth-order valence-electron chi connectivity index (χ4n) is 3.05. The average Bonchev–Trinajstić information content (AvgIpc) is 3.14. The third kappa shape index (κ3) is 3.41. The number of benzene rings is 2. The fourth-order valence-corrected chi connectivity index (χ4v) is 3.05. The maximum Gasteiger partial charge on any atom is 0.337 e. The van der Waals surface area contributed by atoms with Crippen LogP contribution in [0.15, 0.2) is 42.5 Å². The molecule has 4 heteroatoms. The predicted molar refractivity (Wildman–Crippen MR) is 90.8 cm³/mol. The van der Waals surface area contributed by atoms with Gasteiger partial charge < -0.3 is 9.47 Å². The molecule has 0 spiro atoms. The molecule has 24 heavy (non-hydrogen) atoms. The van der Waals surface area contributed by atoms with Gasteiger partial charge in [0.25, 0.3) is 0 Å². The first-order valence-electron chi connectivity index (χ1n) is 8.11. The van der Waals surface area contributed by atoms with Crippen LogP contribution in [0, 0.1) is 11.3 Å². The van der Waals surface area contributed by atoms with Crippen LogP contribution >= 0.6 is 0 Å². The molecular formula is C20H19NO3. The summed E-state index contributed by atoms with van der Waals surface area (Å²) < 4.78 is 11.0. The molecule has 1 aliphatic rings. The average molecular weight is 321 g/mol. The summed E-state index contributed by atoms with van der Waals surface area (Å²) in [4.78, 5) is 11.9. The smallest absolute Gasteiger partial charge is 0.337 e. The number of hydrogen-bond donors (Lipinski definition) is 0. The summed E-state index contributed by atoms with van der Waals surface area (Å²) in [5.41, 5.74) is 2.70. The highest BCUT2D eigenvalue weighted by Crippen LogP contribution is 2.34. The van der Waals surface area contributed by atoms with Crippen molar-refractivity contribution in [3.63, 3.8) is 0 Å². The molecule has 2 aromatic rings. The zero-order chi connectivity index (χ0) is 16.9. The first kappa shape index (κ1) is 16.1. The Kier molecular flexibility index (Phi) is 4.81. The number of nitrogens with zero attached hydrogens (tertiary/aromatic N) is 1. The highest BCUT2D eigenvalue weighted by atomic mass is 16.5. The lowest BCUT2D eigenvalue weighted by Gasteiger charge is -2.17. The van der Waals surface area contributed by atoms with Crippen molar-refractivity contribution in [2.24, 2.45) is 0 Å². The summed E-state index contributed by atoms with van der Waals surface area (Å²) in [7, 11) is 1.36. The number of esters is 1. The quantitative estimate of drug-likeness (QED) is 0.786. The van der Waals surface area contributed by atoms with Gasteiger partial charge >= 0.3 is 5.97 Å². The Morgan fingerprint density at radius 2 is 1.96 bits per heavy atom. The third-order valence-electron chi connectivity index (χ3n) is 4.30. The maximum absolute atomic E-state index is 11.9. The van der Waals surface area contributed by atoms with Gasteiger partial charge in [0.15, 0.2) is 0 Å². The summed E-state index contributed by atoms with van der Waals surface area (Å²) in [6.45, 7) is 0. The van der Waals surface area contributed by atoms with E-state index in [1.165, 1.54) is 20.0 Å². The second-order valence-corrected chi connectivity index (χ2v) is 5.92. The van der Waals surface area contributed by atoms with Crippen LogP contribution in [0.1, 0.15) is 41.6 Å². The van der Waals surface area contributed by atoms with E-state index in [1.54, 1.807) is 24.3 Å². The van der Waals surface area contributed by atoms with E-state index in [2.05, 4.69) is 6.07 Å². The van der Waals surface area contributed by atoms with Crippen LogP contribution in [0.3, 0.4) is 0 Å². The van der Waals surface area contributed by atoms with Crippen LogP contribution in [0.25, 0.3) is 11.1 Å². The Labute approximate surface area is 141 Å². The van der Waals surface area contributed by atoms with E-state index in [0.29, 0.717) is 11.1 Å². The number of carbonyl (C=O) groups excluding carboxylic acids is 1. The molecule has 1 saturated carbocycles. The van der Waals surface area contributed by atoms with Gasteiger partial charge in [-0.15, -0.1) is 0 Å². The second kappa shape index (κ2) is 7.18. The standard InChI is InChI=1S/C20H19NO3/c1-23-20(22)16-9-10-19(24-17-7-2-3-8-17)18(12-16)15-6-4-5-14(11-15)13-21/h4-6,9-12,17H,2-3,7-8H2,1H3. The van der Waals surface area contributed by atoms with E-state index in [9.17, 15) is 4.79 Å². The van der Waals surface area contributed by atoms with Gasteiger partial charge in [-0.25, -0.2) is 4.79 Å². The first-order chi connectivity index (χ1) is 11.7. The molecule has 1 aliphatic carbocycles. The van der Waals surface area contributed by atoms with E-state index in [4.69, 9.17) is 14.7 Å². The van der Waals surface area contributed by atoms with Crippen molar-refractivity contribution in [3.05, 3.63) is 53.6 Å². The van der Waals surface area contributed by atoms with Crippen molar-refractivity contribution in [3.8, 4) is 22.9 Å². The lowest BCUT2D eigenvalue weighted by atomic mass is 10.00. The van der Waals surface area contributed by atoms with Gasteiger partial charge in [0, 0.05) is 5.56 Å². The Bertz CT molecular complexity index is 786. The zero-order valence-electron chi connectivity index (χ0n) is 13.6. The van der Waals surface area contributed by atoms with E-state index in [1.807, 2.05) is 18.2 Å². The molecule has 0 saturated heterocycles. The number of carbonyl (C=O) groups is 1. The molecule has 0 aliphatic heterocycles. The van der Waals surface area contributed by atoms with Gasteiger partial charge in [0.2, 0.25) is 0 Å². The van der Waals surface area contributed by atoms with Crippen LogP contribution in [0.4, 0.5) is 0 Å². The Morgan fingerprint density at radius 1 is 1.17 bits per heavy atom. The van der Waals surface area contributed by atoms with E-state index in [-0.39, 0.29) is 12.1 Å². The minimum absolute atomic E-state index is 0.215. The molecule has 122 valence electrons. The molecule has 1 fully saturated rings. The minimum atomic E-state index is -0.389. The molecule has 0 aromatic heterocycles. The van der Waals surface area contributed by atoms with Crippen LogP contribution in [-0.2, 0) is 4.74 Å². The normalized spacial score (nSPS) is 14.2. The van der Waals surface area contributed by atoms with Gasteiger partial charge in [0.05, 0.1) is 30.4 Å². The topological polar surface area (TPSA) is 59.3 Å². The Morgan fingerprint density at radius 3 is 2.67 bits per heavy atom. The van der Waals surface area contributed by atoms with Crippen molar-refractivity contribution in [2.75, 3.05) is 7.11 Å². The third-order valence-corrected chi connectivity index (χ3v) is 4.30. The van der Waals surface area contributed by atoms with Gasteiger partial charge in [-0.3, -0.25) is 0 Å². The van der Waals surface area contributed by atoms with Crippen molar-refractivity contribution < 1.29 is 14.3 Å². The van der Waals surface area contributed by atoms with Crippen LogP contribution in [-0.4, -0.2) is 19.2 Å². The lowest BCUT2D eigenvalue weighted by molar-refractivity contribution is 0.0600. The van der Waals surface area contributed by atoms with Gasteiger partial charge in [-0.05, 0) is 61.6 Å². The monoisotopic (exact) mass is 321 g/mol. The van der Waals surface area contributed by atoms with Crippen LogP contribution < -0.4 is 4.74 Å². The van der Waals surface area contributed by atoms with Crippen LogP contribution in [0.2, 0.25) is 0 Å². The number of hydrogen-bond acceptors (Lipinski definition) is 4. The summed E-state index contributed by atoms with van der Waals surface area (Å²) in [5.74, 6) is 0.352. The summed E-state index contributed by atoms with van der Waals surface area (Å²) in [6.07, 6.45) is 4.69. The molecule has 0 heterocycles. The summed E-state index contributed by atoms with van der Waals surface area (Å²) in [5, 5.41) is 9.13. The Hall–Kier alpha value is -2.80. The minimum Gasteiger partial charge on any atom is -0.490 e. The van der Waals surface area contributed by atoms with Crippen molar-refractivity contribution in [2.45, 2.75) is 31.8 Å². The zero-order valence-corrected chi connectivity index (χ0v) is 13.6. The number of ether oxygens (including phenoxy) is 2. The summed E-state index contributed by atoms with van der Waals surface area (Å²) in [6, 6.07) is 14.8. The maximum atomic E-state index is 11.9. The number of methoxy groups -OCH3 is 1. The van der Waals surface area contributed by atoms with E-state index >= 15 is 0 Å². The van der Waals surface area contributed by atoms with Crippen molar-refractivity contribution in [1.29, 1.82) is 5.26 Å².